The summed E-state index contributed by atoms with van der Waals surface area (Å²) in [4.78, 5) is 0. The first-order valence-electron chi connectivity index (χ1n) is 3.91. The van der Waals surface area contributed by atoms with E-state index in [9.17, 15) is 4.39 Å². The smallest absolute Gasteiger partial charge is 0.0912 e. The molecule has 0 aromatic heterocycles. The standard InChI is InChI=1S/C9H10Cl2FN.ClH/c10-7-3-6(4-8(11)5-7)9(13)1-2-12;/h3-5,9H,1-2,13H2;1H/t9-;/m0./s1. The quantitative estimate of drug-likeness (QED) is 0.877. The Hall–Kier alpha value is -0.0200. The lowest BCUT2D eigenvalue weighted by Gasteiger charge is -2.10. The van der Waals surface area contributed by atoms with Crippen molar-refractivity contribution in [3.05, 3.63) is 33.8 Å². The van der Waals surface area contributed by atoms with Crippen LogP contribution in [0.2, 0.25) is 10.0 Å². The summed E-state index contributed by atoms with van der Waals surface area (Å²) >= 11 is 11.5. The fourth-order valence-corrected chi connectivity index (χ4v) is 1.62. The molecule has 0 unspecified atom stereocenters. The lowest BCUT2D eigenvalue weighted by molar-refractivity contribution is 0.442. The van der Waals surface area contributed by atoms with Crippen molar-refractivity contribution >= 4 is 35.6 Å². The molecule has 0 saturated heterocycles. The highest BCUT2D eigenvalue weighted by Gasteiger charge is 2.07. The van der Waals surface area contributed by atoms with Crippen molar-refractivity contribution in [1.29, 1.82) is 0 Å². The monoisotopic (exact) mass is 257 g/mol. The van der Waals surface area contributed by atoms with Gasteiger partial charge in [-0.2, -0.15) is 0 Å². The molecule has 0 aliphatic carbocycles. The number of rotatable bonds is 3. The molecule has 1 aromatic rings. The fourth-order valence-electron chi connectivity index (χ4n) is 1.07. The van der Waals surface area contributed by atoms with Crippen LogP contribution in [0.15, 0.2) is 18.2 Å². The third kappa shape index (κ3) is 4.01. The van der Waals surface area contributed by atoms with Crippen LogP contribution in [0.25, 0.3) is 0 Å². The van der Waals surface area contributed by atoms with Gasteiger partial charge in [0, 0.05) is 16.1 Å². The molecule has 2 N–H and O–H groups in total. The van der Waals surface area contributed by atoms with E-state index in [2.05, 4.69) is 0 Å². The van der Waals surface area contributed by atoms with E-state index < -0.39 is 6.67 Å². The molecule has 0 fully saturated rings. The van der Waals surface area contributed by atoms with Gasteiger partial charge in [-0.3, -0.25) is 4.39 Å². The summed E-state index contributed by atoms with van der Waals surface area (Å²) in [5.74, 6) is 0. The summed E-state index contributed by atoms with van der Waals surface area (Å²) in [6, 6.07) is 4.69. The minimum absolute atomic E-state index is 0. The first kappa shape index (κ1) is 14.0. The largest absolute Gasteiger partial charge is 0.324 e. The summed E-state index contributed by atoms with van der Waals surface area (Å²) < 4.78 is 12.0. The van der Waals surface area contributed by atoms with Gasteiger partial charge < -0.3 is 5.73 Å². The molecule has 0 spiro atoms. The summed E-state index contributed by atoms with van der Waals surface area (Å²) in [6.07, 6.45) is 0.288. The molecule has 1 aromatic carbocycles. The van der Waals surface area contributed by atoms with E-state index in [1.165, 1.54) is 0 Å². The van der Waals surface area contributed by atoms with Crippen LogP contribution in [-0.2, 0) is 0 Å². The van der Waals surface area contributed by atoms with Gasteiger partial charge in [-0.25, -0.2) is 0 Å². The van der Waals surface area contributed by atoms with Crippen molar-refractivity contribution in [2.45, 2.75) is 12.5 Å². The van der Waals surface area contributed by atoms with Gasteiger partial charge in [0.25, 0.3) is 0 Å². The molecule has 0 heterocycles. The van der Waals surface area contributed by atoms with Crippen molar-refractivity contribution in [1.82, 2.24) is 0 Å². The van der Waals surface area contributed by atoms with Crippen molar-refractivity contribution in [3.8, 4) is 0 Å². The van der Waals surface area contributed by atoms with Gasteiger partial charge in [-0.15, -0.1) is 12.4 Å². The number of halogens is 4. The van der Waals surface area contributed by atoms with Crippen LogP contribution >= 0.6 is 35.6 Å². The molecule has 0 aliphatic heterocycles. The Morgan fingerprint density at radius 2 is 1.71 bits per heavy atom. The zero-order valence-corrected chi connectivity index (χ0v) is 9.67. The third-order valence-corrected chi connectivity index (χ3v) is 2.17. The van der Waals surface area contributed by atoms with Gasteiger partial charge in [0.2, 0.25) is 0 Å². The van der Waals surface area contributed by atoms with Gasteiger partial charge in [0.1, 0.15) is 0 Å². The Morgan fingerprint density at radius 3 is 2.14 bits per heavy atom. The SMILES string of the molecule is Cl.N[C@@H](CCF)c1cc(Cl)cc(Cl)c1. The van der Waals surface area contributed by atoms with Gasteiger partial charge >= 0.3 is 0 Å². The second-order valence-electron chi connectivity index (χ2n) is 2.79. The van der Waals surface area contributed by atoms with Gasteiger partial charge in [0.15, 0.2) is 0 Å². The Balaban J connectivity index is 0.00000169. The molecule has 0 radical (unpaired) electrons. The summed E-state index contributed by atoms with van der Waals surface area (Å²) in [5, 5.41) is 1.05. The van der Waals surface area contributed by atoms with E-state index in [4.69, 9.17) is 28.9 Å². The Morgan fingerprint density at radius 1 is 1.21 bits per heavy atom. The molecular weight excluding hydrogens is 247 g/mol. The molecule has 0 bridgehead atoms. The van der Waals surface area contributed by atoms with Crippen molar-refractivity contribution < 1.29 is 4.39 Å². The minimum atomic E-state index is -0.439. The maximum atomic E-state index is 12.0. The first-order valence-corrected chi connectivity index (χ1v) is 4.66. The summed E-state index contributed by atoms with van der Waals surface area (Å²) in [5.41, 5.74) is 6.46. The number of benzene rings is 1. The van der Waals surface area contributed by atoms with Gasteiger partial charge in [-0.1, -0.05) is 23.2 Å². The van der Waals surface area contributed by atoms with E-state index in [0.717, 1.165) is 5.56 Å². The van der Waals surface area contributed by atoms with Gasteiger partial charge in [0.05, 0.1) is 6.67 Å². The average Bonchev–Trinajstić information content (AvgIpc) is 2.03. The number of hydrogen-bond donors (Lipinski definition) is 1. The average molecular weight is 259 g/mol. The van der Waals surface area contributed by atoms with Crippen LogP contribution in [0.3, 0.4) is 0 Å². The summed E-state index contributed by atoms with van der Waals surface area (Å²) in [7, 11) is 0. The molecule has 1 nitrogen and oxygen atoms in total. The Bertz CT molecular complexity index is 273. The van der Waals surface area contributed by atoms with E-state index in [0.29, 0.717) is 10.0 Å². The molecule has 0 saturated carbocycles. The normalized spacial score (nSPS) is 12.0. The number of alkyl halides is 1. The van der Waals surface area contributed by atoms with Crippen LogP contribution in [-0.4, -0.2) is 6.67 Å². The van der Waals surface area contributed by atoms with E-state index in [-0.39, 0.29) is 24.9 Å². The first-order chi connectivity index (χ1) is 6.13. The van der Waals surface area contributed by atoms with Crippen LogP contribution in [0, 0.1) is 0 Å². The fraction of sp³-hybridized carbons (Fsp3) is 0.333. The van der Waals surface area contributed by atoms with Crippen LogP contribution in [0.4, 0.5) is 4.39 Å². The number of hydrogen-bond acceptors (Lipinski definition) is 1. The maximum absolute atomic E-state index is 12.0. The molecule has 1 atom stereocenters. The Kier molecular flexibility index (Phi) is 6.45. The third-order valence-electron chi connectivity index (χ3n) is 1.73. The molecule has 0 aliphatic rings. The van der Waals surface area contributed by atoms with Crippen molar-refractivity contribution in [2.75, 3.05) is 6.67 Å². The van der Waals surface area contributed by atoms with Crippen LogP contribution < -0.4 is 5.73 Å². The zero-order chi connectivity index (χ0) is 9.84. The Labute approximate surface area is 98.8 Å². The second-order valence-corrected chi connectivity index (χ2v) is 3.66. The maximum Gasteiger partial charge on any atom is 0.0912 e. The van der Waals surface area contributed by atoms with Crippen molar-refractivity contribution in [3.63, 3.8) is 0 Å². The molecule has 80 valence electrons. The molecule has 5 heteroatoms. The molecular formula is C9H11Cl3FN. The molecule has 1 rings (SSSR count). The highest BCUT2D eigenvalue weighted by molar-refractivity contribution is 6.34. The topological polar surface area (TPSA) is 26.0 Å². The predicted molar refractivity (Wildman–Crippen MR) is 61.2 cm³/mol. The van der Waals surface area contributed by atoms with E-state index in [1.807, 2.05) is 0 Å². The van der Waals surface area contributed by atoms with Gasteiger partial charge in [-0.05, 0) is 30.2 Å². The lowest BCUT2D eigenvalue weighted by atomic mass is 10.1. The van der Waals surface area contributed by atoms with E-state index >= 15 is 0 Å². The predicted octanol–water partition coefficient (Wildman–Crippen LogP) is 3.77. The van der Waals surface area contributed by atoms with Crippen LogP contribution in [0.1, 0.15) is 18.0 Å². The van der Waals surface area contributed by atoms with Crippen molar-refractivity contribution in [2.24, 2.45) is 5.73 Å². The van der Waals surface area contributed by atoms with E-state index in [1.54, 1.807) is 18.2 Å². The minimum Gasteiger partial charge on any atom is -0.324 e. The zero-order valence-electron chi connectivity index (χ0n) is 7.34. The highest BCUT2D eigenvalue weighted by atomic mass is 35.5. The molecule has 14 heavy (non-hydrogen) atoms. The lowest BCUT2D eigenvalue weighted by Crippen LogP contribution is -2.10. The number of nitrogens with two attached hydrogens (primary N) is 1. The highest BCUT2D eigenvalue weighted by Crippen LogP contribution is 2.23. The van der Waals surface area contributed by atoms with Crippen LogP contribution in [0.5, 0.6) is 0 Å². The second kappa shape index (κ2) is 6.46. The summed E-state index contributed by atoms with van der Waals surface area (Å²) in [6.45, 7) is -0.439. The molecule has 0 amide bonds.